The molecule has 8 heteroatoms. The fourth-order valence-corrected chi connectivity index (χ4v) is 2.32. The van der Waals surface area contributed by atoms with Crippen LogP contribution in [-0.2, 0) is 14.9 Å². The molecule has 0 fully saturated rings. The zero-order valence-electron chi connectivity index (χ0n) is 9.52. The van der Waals surface area contributed by atoms with Crippen molar-refractivity contribution < 1.29 is 22.9 Å². The number of carbonyl (C=O) groups is 1. The van der Waals surface area contributed by atoms with E-state index in [2.05, 4.69) is 10.3 Å². The van der Waals surface area contributed by atoms with Crippen molar-refractivity contribution in [3.8, 4) is 0 Å². The molecule has 1 aliphatic heterocycles. The number of carboxylic acid groups (broad SMARTS) is 1. The third-order valence-electron chi connectivity index (χ3n) is 2.45. The van der Waals surface area contributed by atoms with Crippen LogP contribution in [-0.4, -0.2) is 35.3 Å². The van der Waals surface area contributed by atoms with E-state index in [1.165, 1.54) is 0 Å². The Morgan fingerprint density at radius 1 is 1.26 bits per heavy atom. The molecule has 1 aromatic rings. The summed E-state index contributed by atoms with van der Waals surface area (Å²) in [4.78, 5) is 14.6. The number of carboxylic acids is 1. The summed E-state index contributed by atoms with van der Waals surface area (Å²) in [5, 5.41) is 9.64. The van der Waals surface area contributed by atoms with Gasteiger partial charge >= 0.3 is 5.97 Å². The highest BCUT2D eigenvalue weighted by Crippen LogP contribution is 2.18. The quantitative estimate of drug-likeness (QED) is 0.683. The Morgan fingerprint density at radius 3 is 2.42 bits per heavy atom. The number of hydrogen-bond donors (Lipinski definition) is 3. The standard InChI is InChI=1S/C11H10N2O5S/c14-11(15)8-6-12-9(7-4-2-1-3-5-7)13-10(8)19(16,17)18/h1-6,10H,(H,12,13)(H,14,15)(H,16,17,18). The third-order valence-corrected chi connectivity index (χ3v) is 3.38. The highest BCUT2D eigenvalue weighted by atomic mass is 32.2. The maximum absolute atomic E-state index is 11.2. The summed E-state index contributed by atoms with van der Waals surface area (Å²) in [6.45, 7) is 0. The molecule has 1 aliphatic rings. The van der Waals surface area contributed by atoms with Gasteiger partial charge < -0.3 is 10.4 Å². The molecule has 1 aromatic carbocycles. The van der Waals surface area contributed by atoms with Crippen molar-refractivity contribution in [3.05, 3.63) is 47.7 Å². The van der Waals surface area contributed by atoms with E-state index in [4.69, 9.17) is 9.66 Å². The molecule has 1 atom stereocenters. The van der Waals surface area contributed by atoms with Gasteiger partial charge in [0, 0.05) is 11.8 Å². The van der Waals surface area contributed by atoms with Crippen molar-refractivity contribution in [1.82, 2.24) is 5.32 Å². The largest absolute Gasteiger partial charge is 0.478 e. The number of amidine groups is 1. The lowest BCUT2D eigenvalue weighted by Gasteiger charge is -2.18. The summed E-state index contributed by atoms with van der Waals surface area (Å²) in [7, 11) is -4.64. The van der Waals surface area contributed by atoms with E-state index >= 15 is 0 Å². The first-order chi connectivity index (χ1) is 8.89. The zero-order chi connectivity index (χ0) is 14.0. The molecule has 1 unspecified atom stereocenters. The minimum absolute atomic E-state index is 0.174. The summed E-state index contributed by atoms with van der Waals surface area (Å²) in [5.74, 6) is -1.29. The van der Waals surface area contributed by atoms with Gasteiger partial charge in [-0.05, 0) is 0 Å². The summed E-state index contributed by atoms with van der Waals surface area (Å²) in [5.41, 5.74) is 0.0408. The summed E-state index contributed by atoms with van der Waals surface area (Å²) in [6, 6.07) is 8.56. The molecular weight excluding hydrogens is 272 g/mol. The van der Waals surface area contributed by atoms with Gasteiger partial charge in [-0.15, -0.1) is 0 Å². The molecule has 100 valence electrons. The van der Waals surface area contributed by atoms with Gasteiger partial charge in [-0.2, -0.15) is 8.42 Å². The van der Waals surface area contributed by atoms with Crippen molar-refractivity contribution in [2.75, 3.05) is 0 Å². The molecule has 0 spiro atoms. The van der Waals surface area contributed by atoms with Crippen LogP contribution < -0.4 is 5.32 Å². The first-order valence-electron chi connectivity index (χ1n) is 5.19. The van der Waals surface area contributed by atoms with Crippen LogP contribution in [0.15, 0.2) is 47.1 Å². The van der Waals surface area contributed by atoms with Crippen molar-refractivity contribution in [2.24, 2.45) is 4.99 Å². The lowest BCUT2D eigenvalue weighted by atomic mass is 10.2. The average molecular weight is 282 g/mol. The van der Waals surface area contributed by atoms with Crippen LogP contribution in [0, 0.1) is 0 Å². The molecule has 1 heterocycles. The number of aliphatic imine (C=N–C) groups is 1. The molecule has 3 N–H and O–H groups in total. The van der Waals surface area contributed by atoms with E-state index in [0.717, 1.165) is 6.20 Å². The van der Waals surface area contributed by atoms with Gasteiger partial charge in [0.15, 0.2) is 0 Å². The monoisotopic (exact) mass is 282 g/mol. The number of hydrogen-bond acceptors (Lipinski definition) is 5. The molecule has 0 radical (unpaired) electrons. The SMILES string of the molecule is O=C(O)C1=CNC(c2ccccc2)=NC1S(=O)(=O)O. The summed E-state index contributed by atoms with van der Waals surface area (Å²) in [6.07, 6.45) is 1.01. The normalized spacial score (nSPS) is 19.1. The van der Waals surface area contributed by atoms with Crippen molar-refractivity contribution in [1.29, 1.82) is 0 Å². The molecule has 0 aromatic heterocycles. The second-order valence-electron chi connectivity index (χ2n) is 3.76. The topological polar surface area (TPSA) is 116 Å². The fraction of sp³-hybridized carbons (Fsp3) is 0.0909. The van der Waals surface area contributed by atoms with E-state index in [-0.39, 0.29) is 5.84 Å². The van der Waals surface area contributed by atoms with Gasteiger partial charge in [-0.25, -0.2) is 9.79 Å². The second kappa shape index (κ2) is 4.82. The van der Waals surface area contributed by atoms with Crippen molar-refractivity contribution in [2.45, 2.75) is 5.37 Å². The van der Waals surface area contributed by atoms with Gasteiger partial charge in [0.05, 0.1) is 5.57 Å². The minimum Gasteiger partial charge on any atom is -0.478 e. The smallest absolute Gasteiger partial charge is 0.336 e. The maximum atomic E-state index is 11.2. The van der Waals surface area contributed by atoms with E-state index < -0.39 is 27.0 Å². The number of nitrogens with zero attached hydrogens (tertiary/aromatic N) is 1. The molecule has 0 saturated heterocycles. The molecule has 0 aliphatic carbocycles. The number of nitrogens with one attached hydrogen (secondary N) is 1. The Morgan fingerprint density at radius 2 is 1.89 bits per heavy atom. The van der Waals surface area contributed by atoms with Crippen molar-refractivity contribution >= 4 is 21.9 Å². The van der Waals surface area contributed by atoms with Crippen LogP contribution in [0.2, 0.25) is 0 Å². The molecule has 7 nitrogen and oxygen atoms in total. The molecule has 0 bridgehead atoms. The van der Waals surface area contributed by atoms with Crippen LogP contribution in [0.3, 0.4) is 0 Å². The Labute approximate surface area is 109 Å². The van der Waals surface area contributed by atoms with Crippen LogP contribution >= 0.6 is 0 Å². The highest BCUT2D eigenvalue weighted by molar-refractivity contribution is 7.86. The fourth-order valence-electron chi connectivity index (χ4n) is 1.59. The van der Waals surface area contributed by atoms with Crippen LogP contribution in [0.1, 0.15) is 5.56 Å². The summed E-state index contributed by atoms with van der Waals surface area (Å²) < 4.78 is 31.4. The van der Waals surface area contributed by atoms with Gasteiger partial charge in [0.2, 0.25) is 5.37 Å². The molecule has 0 amide bonds. The first kappa shape index (κ1) is 13.2. The Kier molecular flexibility index (Phi) is 3.36. The Balaban J connectivity index is 2.45. The van der Waals surface area contributed by atoms with Crippen molar-refractivity contribution in [3.63, 3.8) is 0 Å². The first-order valence-corrected chi connectivity index (χ1v) is 6.69. The van der Waals surface area contributed by atoms with Crippen LogP contribution in [0.4, 0.5) is 0 Å². The highest BCUT2D eigenvalue weighted by Gasteiger charge is 2.34. The van der Waals surface area contributed by atoms with Gasteiger partial charge in [-0.3, -0.25) is 4.55 Å². The van der Waals surface area contributed by atoms with Crippen LogP contribution in [0.25, 0.3) is 0 Å². The third kappa shape index (κ3) is 2.80. The lowest BCUT2D eigenvalue weighted by Crippen LogP contribution is -2.35. The number of rotatable bonds is 3. The zero-order valence-corrected chi connectivity index (χ0v) is 10.3. The molecule has 2 rings (SSSR count). The van der Waals surface area contributed by atoms with Crippen LogP contribution in [0.5, 0.6) is 0 Å². The van der Waals surface area contributed by atoms with E-state index in [0.29, 0.717) is 5.56 Å². The lowest BCUT2D eigenvalue weighted by molar-refractivity contribution is -0.132. The minimum atomic E-state index is -4.64. The summed E-state index contributed by atoms with van der Waals surface area (Å²) >= 11 is 0. The molecule has 19 heavy (non-hydrogen) atoms. The predicted molar refractivity (Wildman–Crippen MR) is 67.2 cm³/mol. The average Bonchev–Trinajstić information content (AvgIpc) is 2.38. The van der Waals surface area contributed by atoms with E-state index in [9.17, 15) is 13.2 Å². The van der Waals surface area contributed by atoms with E-state index in [1.807, 2.05) is 0 Å². The van der Waals surface area contributed by atoms with Gasteiger partial charge in [0.1, 0.15) is 5.84 Å². The number of aliphatic carboxylic acids is 1. The maximum Gasteiger partial charge on any atom is 0.336 e. The molecular formula is C11H10N2O5S. The van der Waals surface area contributed by atoms with Gasteiger partial charge in [-0.1, -0.05) is 30.3 Å². The molecule has 0 saturated carbocycles. The van der Waals surface area contributed by atoms with E-state index in [1.54, 1.807) is 30.3 Å². The van der Waals surface area contributed by atoms with Gasteiger partial charge in [0.25, 0.3) is 10.1 Å². The Bertz CT molecular complexity index is 664. The predicted octanol–water partition coefficient (Wildman–Crippen LogP) is 0.219. The second-order valence-corrected chi connectivity index (χ2v) is 5.24. The Hall–Kier alpha value is -2.19. The number of benzene rings is 1.